The second-order valence-electron chi connectivity index (χ2n) is 7.03. The number of carbonyl (C=O) groups is 1. The summed E-state index contributed by atoms with van der Waals surface area (Å²) in [6.45, 7) is 4.28. The number of carbonyl (C=O) groups excluding carboxylic acids is 1. The summed E-state index contributed by atoms with van der Waals surface area (Å²) < 4.78 is 53.4. The minimum Gasteiger partial charge on any atom is -0.325 e. The molecule has 1 N–H and O–H groups in total. The van der Waals surface area contributed by atoms with Crippen LogP contribution in [0.2, 0.25) is 0 Å². The van der Waals surface area contributed by atoms with Gasteiger partial charge in [0.1, 0.15) is 22.1 Å². The van der Waals surface area contributed by atoms with E-state index in [1.165, 1.54) is 4.90 Å². The van der Waals surface area contributed by atoms with Crippen molar-refractivity contribution in [2.45, 2.75) is 24.3 Å². The van der Waals surface area contributed by atoms with E-state index in [0.717, 1.165) is 21.3 Å². The smallest absolute Gasteiger partial charge is 0.278 e. The van der Waals surface area contributed by atoms with Crippen LogP contribution in [0, 0.1) is 23.0 Å². The number of sulfonamides is 1. The van der Waals surface area contributed by atoms with Gasteiger partial charge in [0.2, 0.25) is 10.0 Å². The first-order valence-corrected chi connectivity index (χ1v) is 9.89. The second kappa shape index (κ2) is 7.88. The van der Waals surface area contributed by atoms with E-state index in [4.69, 9.17) is 5.26 Å². The highest BCUT2D eigenvalue weighted by Gasteiger charge is 2.35. The van der Waals surface area contributed by atoms with Crippen LogP contribution in [0.25, 0.3) is 0 Å². The summed E-state index contributed by atoms with van der Waals surface area (Å²) in [7, 11) is -2.59. The maximum atomic E-state index is 13.8. The van der Waals surface area contributed by atoms with Crippen molar-refractivity contribution in [1.29, 1.82) is 5.26 Å². The van der Waals surface area contributed by atoms with Crippen LogP contribution in [0.3, 0.4) is 0 Å². The predicted octanol–water partition coefficient (Wildman–Crippen LogP) is -0.385. The van der Waals surface area contributed by atoms with Crippen LogP contribution in [0.4, 0.5) is 8.78 Å². The predicted molar refractivity (Wildman–Crippen MR) is 93.1 cm³/mol. The molecular weight excluding hydrogens is 378 g/mol. The summed E-state index contributed by atoms with van der Waals surface area (Å²) >= 11 is 0. The van der Waals surface area contributed by atoms with Gasteiger partial charge in [-0.15, -0.1) is 0 Å². The van der Waals surface area contributed by atoms with E-state index in [-0.39, 0.29) is 25.5 Å². The van der Waals surface area contributed by atoms with Crippen LogP contribution in [0.15, 0.2) is 23.1 Å². The highest BCUT2D eigenvalue weighted by Crippen LogP contribution is 2.20. The van der Waals surface area contributed by atoms with Crippen molar-refractivity contribution in [3.05, 3.63) is 29.8 Å². The Morgan fingerprint density at radius 2 is 1.93 bits per heavy atom. The molecule has 1 fully saturated rings. The molecule has 148 valence electrons. The molecule has 0 spiro atoms. The molecule has 2 rings (SSSR count). The van der Waals surface area contributed by atoms with Crippen LogP contribution < -0.4 is 4.90 Å². The van der Waals surface area contributed by atoms with Crippen molar-refractivity contribution >= 4 is 15.9 Å². The van der Waals surface area contributed by atoms with E-state index in [1.807, 2.05) is 0 Å². The third-order valence-corrected chi connectivity index (χ3v) is 6.74. The molecule has 7 nitrogen and oxygen atoms in total. The van der Waals surface area contributed by atoms with Gasteiger partial charge in [-0.3, -0.25) is 4.79 Å². The summed E-state index contributed by atoms with van der Waals surface area (Å²) in [6.07, 6.45) is 0. The lowest BCUT2D eigenvalue weighted by molar-refractivity contribution is -0.896. The number of nitrogens with one attached hydrogen (secondary N) is 1. The van der Waals surface area contributed by atoms with E-state index in [1.54, 1.807) is 20.9 Å². The third-order valence-electron chi connectivity index (χ3n) is 4.83. The van der Waals surface area contributed by atoms with Crippen molar-refractivity contribution in [2.24, 2.45) is 0 Å². The summed E-state index contributed by atoms with van der Waals surface area (Å²) in [5.41, 5.74) is -0.934. The van der Waals surface area contributed by atoms with Gasteiger partial charge in [-0.1, -0.05) is 0 Å². The van der Waals surface area contributed by atoms with Gasteiger partial charge in [0.05, 0.1) is 32.2 Å². The molecule has 10 heteroatoms. The molecule has 0 unspecified atom stereocenters. The van der Waals surface area contributed by atoms with Gasteiger partial charge in [-0.2, -0.15) is 9.57 Å². The Bertz CT molecular complexity index is 859. The molecule has 0 saturated carbocycles. The van der Waals surface area contributed by atoms with E-state index in [0.29, 0.717) is 19.2 Å². The minimum atomic E-state index is -4.14. The van der Waals surface area contributed by atoms with Gasteiger partial charge in [0.25, 0.3) is 5.91 Å². The van der Waals surface area contributed by atoms with Crippen molar-refractivity contribution in [1.82, 2.24) is 9.21 Å². The van der Waals surface area contributed by atoms with Crippen molar-refractivity contribution in [2.75, 3.05) is 39.8 Å². The minimum absolute atomic E-state index is 0.0895. The molecule has 1 saturated heterocycles. The fourth-order valence-corrected chi connectivity index (χ4v) is 4.27. The highest BCUT2D eigenvalue weighted by molar-refractivity contribution is 7.89. The zero-order valence-electron chi connectivity index (χ0n) is 15.5. The highest BCUT2D eigenvalue weighted by atomic mass is 32.2. The number of nitriles is 1. The first-order chi connectivity index (χ1) is 12.5. The molecule has 1 aromatic rings. The molecule has 0 atom stereocenters. The number of benzene rings is 1. The van der Waals surface area contributed by atoms with E-state index >= 15 is 0 Å². The Labute approximate surface area is 157 Å². The van der Waals surface area contributed by atoms with Gasteiger partial charge >= 0.3 is 0 Å². The summed E-state index contributed by atoms with van der Waals surface area (Å²) in [4.78, 5) is 13.9. The number of nitrogens with zero attached hydrogens (tertiary/aromatic N) is 3. The summed E-state index contributed by atoms with van der Waals surface area (Å²) in [5.74, 6) is -2.04. The topological polar surface area (TPSA) is 85.9 Å². The number of rotatable bonds is 5. The third kappa shape index (κ3) is 4.61. The lowest BCUT2D eigenvalue weighted by Crippen LogP contribution is -3.15. The van der Waals surface area contributed by atoms with Crippen LogP contribution in [0.1, 0.15) is 13.8 Å². The van der Waals surface area contributed by atoms with Crippen LogP contribution in [0.5, 0.6) is 0 Å². The van der Waals surface area contributed by atoms with Crippen molar-refractivity contribution < 1.29 is 26.9 Å². The Kier molecular flexibility index (Phi) is 6.19. The fourth-order valence-electron chi connectivity index (χ4n) is 2.75. The molecule has 1 aliphatic rings. The van der Waals surface area contributed by atoms with Crippen LogP contribution >= 0.6 is 0 Å². The Morgan fingerprint density at radius 1 is 1.33 bits per heavy atom. The molecule has 1 heterocycles. The van der Waals surface area contributed by atoms with Gasteiger partial charge in [-0.25, -0.2) is 17.2 Å². The number of hydrogen-bond acceptors (Lipinski definition) is 4. The van der Waals surface area contributed by atoms with Gasteiger partial charge < -0.3 is 9.80 Å². The maximum Gasteiger partial charge on any atom is 0.278 e. The monoisotopic (exact) mass is 401 g/mol. The van der Waals surface area contributed by atoms with E-state index < -0.39 is 32.1 Å². The molecule has 1 amide bonds. The molecule has 1 aromatic carbocycles. The Balaban J connectivity index is 2.02. The quantitative estimate of drug-likeness (QED) is 0.729. The van der Waals surface area contributed by atoms with E-state index in [9.17, 15) is 22.0 Å². The molecular formula is C17H23F2N4O3S+. The number of halogens is 2. The standard InChI is InChI=1S/C17H22F2N4O3S/c1-17(2,12-20)21(3)16(24)11-22-6-8-23(9-7-22)27(25,26)15-10-13(18)4-5-14(15)19/h4-5,10H,6-9,11H2,1-3H3/p+1. The average molecular weight is 401 g/mol. The normalized spacial score (nSPS) is 16.7. The second-order valence-corrected chi connectivity index (χ2v) is 8.94. The molecule has 1 aliphatic heterocycles. The fraction of sp³-hybridized carbons (Fsp3) is 0.529. The Hall–Kier alpha value is -2.09. The van der Waals surface area contributed by atoms with Crippen LogP contribution in [-0.4, -0.2) is 68.8 Å². The largest absolute Gasteiger partial charge is 0.325 e. The summed E-state index contributed by atoms with van der Waals surface area (Å²) in [6, 6.07) is 4.38. The maximum absolute atomic E-state index is 13.8. The number of hydrogen-bond donors (Lipinski definition) is 1. The van der Waals surface area contributed by atoms with Crippen molar-refractivity contribution in [3.8, 4) is 6.07 Å². The lowest BCUT2D eigenvalue weighted by Gasteiger charge is -2.34. The number of quaternary nitrogens is 1. The number of piperazine rings is 1. The zero-order chi connectivity index (χ0) is 20.4. The first-order valence-electron chi connectivity index (χ1n) is 8.45. The van der Waals surface area contributed by atoms with Crippen LogP contribution in [-0.2, 0) is 14.8 Å². The van der Waals surface area contributed by atoms with E-state index in [2.05, 4.69) is 6.07 Å². The molecule has 0 aromatic heterocycles. The zero-order valence-corrected chi connectivity index (χ0v) is 16.3. The number of likely N-dealkylation sites (N-methyl/N-ethyl adjacent to an activating group) is 1. The number of amides is 1. The molecule has 0 bridgehead atoms. The Morgan fingerprint density at radius 3 is 2.48 bits per heavy atom. The molecule has 27 heavy (non-hydrogen) atoms. The molecule has 0 aliphatic carbocycles. The molecule has 0 radical (unpaired) electrons. The van der Waals surface area contributed by atoms with Gasteiger partial charge in [0, 0.05) is 7.05 Å². The lowest BCUT2D eigenvalue weighted by atomic mass is 10.1. The summed E-state index contributed by atoms with van der Waals surface area (Å²) in [5, 5.41) is 9.11. The van der Waals surface area contributed by atoms with Gasteiger partial charge in [0.15, 0.2) is 6.54 Å². The first kappa shape index (κ1) is 21.2. The van der Waals surface area contributed by atoms with Crippen molar-refractivity contribution in [3.63, 3.8) is 0 Å². The van der Waals surface area contributed by atoms with Gasteiger partial charge in [-0.05, 0) is 32.0 Å². The average Bonchev–Trinajstić information content (AvgIpc) is 2.63. The SMILES string of the molecule is CN(C(=O)C[NH+]1CCN(S(=O)(=O)c2cc(F)ccc2F)CC1)C(C)(C)C#N.